The van der Waals surface area contributed by atoms with Crippen molar-refractivity contribution in [3.63, 3.8) is 0 Å². The fraction of sp³-hybridized carbons (Fsp3) is 0.500. The summed E-state index contributed by atoms with van der Waals surface area (Å²) < 4.78 is 4.91. The third-order valence-electron chi connectivity index (χ3n) is 1.96. The van der Waals surface area contributed by atoms with E-state index in [1.165, 1.54) is 11.3 Å². The molecule has 4 nitrogen and oxygen atoms in total. The first-order chi connectivity index (χ1) is 7.25. The number of rotatable bonds is 6. The Hall–Kier alpha value is -1.07. The zero-order valence-corrected chi connectivity index (χ0v) is 9.60. The van der Waals surface area contributed by atoms with Gasteiger partial charge >= 0.3 is 0 Å². The predicted octanol–water partition coefficient (Wildman–Crippen LogP) is 1.49. The van der Waals surface area contributed by atoms with Crippen molar-refractivity contribution in [2.75, 3.05) is 26.0 Å². The van der Waals surface area contributed by atoms with Crippen LogP contribution in [-0.2, 0) is 4.74 Å². The number of nitrogen functional groups attached to an aromatic ring is 1. The SMILES string of the molecule is COCCCCNC(=O)c1sccc1N. The van der Waals surface area contributed by atoms with Gasteiger partial charge in [0.1, 0.15) is 4.88 Å². The lowest BCUT2D eigenvalue weighted by atomic mass is 10.3. The van der Waals surface area contributed by atoms with Gasteiger partial charge in [-0.25, -0.2) is 0 Å². The van der Waals surface area contributed by atoms with Crippen molar-refractivity contribution in [3.8, 4) is 0 Å². The van der Waals surface area contributed by atoms with E-state index >= 15 is 0 Å². The highest BCUT2D eigenvalue weighted by Crippen LogP contribution is 2.18. The van der Waals surface area contributed by atoms with Crippen molar-refractivity contribution in [2.24, 2.45) is 0 Å². The Balaban J connectivity index is 2.22. The number of carbonyl (C=O) groups excluding carboxylic acids is 1. The first kappa shape index (κ1) is 12.0. The van der Waals surface area contributed by atoms with Crippen LogP contribution in [0.5, 0.6) is 0 Å². The highest BCUT2D eigenvalue weighted by atomic mass is 32.1. The molecule has 0 saturated heterocycles. The number of hydrogen-bond acceptors (Lipinski definition) is 4. The van der Waals surface area contributed by atoms with E-state index in [2.05, 4.69) is 5.32 Å². The number of thiophene rings is 1. The summed E-state index contributed by atoms with van der Waals surface area (Å²) in [6, 6.07) is 1.74. The van der Waals surface area contributed by atoms with Gasteiger partial charge in [0.2, 0.25) is 0 Å². The van der Waals surface area contributed by atoms with Gasteiger partial charge in [-0.3, -0.25) is 4.79 Å². The first-order valence-corrected chi connectivity index (χ1v) is 5.73. The molecule has 0 aliphatic rings. The molecule has 0 aliphatic carbocycles. The molecule has 0 aromatic carbocycles. The minimum absolute atomic E-state index is 0.0834. The van der Waals surface area contributed by atoms with Crippen molar-refractivity contribution in [3.05, 3.63) is 16.3 Å². The summed E-state index contributed by atoms with van der Waals surface area (Å²) in [6.45, 7) is 1.40. The number of nitrogens with one attached hydrogen (secondary N) is 1. The molecule has 1 amide bonds. The summed E-state index contributed by atoms with van der Waals surface area (Å²) in [4.78, 5) is 12.1. The lowest BCUT2D eigenvalue weighted by Gasteiger charge is -2.03. The maximum atomic E-state index is 11.5. The number of carbonyl (C=O) groups is 1. The first-order valence-electron chi connectivity index (χ1n) is 4.86. The number of nitrogens with two attached hydrogens (primary N) is 1. The molecule has 1 aromatic rings. The van der Waals surface area contributed by atoms with E-state index in [1.54, 1.807) is 13.2 Å². The number of unbranched alkanes of at least 4 members (excludes halogenated alkanes) is 1. The Kier molecular flexibility index (Phi) is 5.14. The Morgan fingerprint density at radius 3 is 3.00 bits per heavy atom. The summed E-state index contributed by atoms with van der Waals surface area (Å²) >= 11 is 1.36. The van der Waals surface area contributed by atoms with Crippen LogP contribution in [0.25, 0.3) is 0 Å². The molecule has 0 radical (unpaired) electrons. The van der Waals surface area contributed by atoms with Crippen LogP contribution in [0.1, 0.15) is 22.5 Å². The fourth-order valence-corrected chi connectivity index (χ4v) is 1.89. The molecule has 0 bridgehead atoms. The molecule has 1 aromatic heterocycles. The topological polar surface area (TPSA) is 64.3 Å². The van der Waals surface area contributed by atoms with E-state index in [9.17, 15) is 4.79 Å². The van der Waals surface area contributed by atoms with Crippen molar-refractivity contribution < 1.29 is 9.53 Å². The number of hydrogen-bond donors (Lipinski definition) is 2. The average Bonchev–Trinajstić information content (AvgIpc) is 2.64. The third kappa shape index (κ3) is 3.89. The van der Waals surface area contributed by atoms with Crippen LogP contribution in [0.15, 0.2) is 11.4 Å². The van der Waals surface area contributed by atoms with Crippen molar-refractivity contribution in [2.45, 2.75) is 12.8 Å². The Morgan fingerprint density at radius 2 is 2.40 bits per heavy atom. The maximum Gasteiger partial charge on any atom is 0.263 e. The second-order valence-corrected chi connectivity index (χ2v) is 4.08. The van der Waals surface area contributed by atoms with E-state index < -0.39 is 0 Å². The largest absolute Gasteiger partial charge is 0.397 e. The van der Waals surface area contributed by atoms with Gasteiger partial charge in [0.05, 0.1) is 5.69 Å². The molecule has 5 heteroatoms. The third-order valence-corrected chi connectivity index (χ3v) is 2.89. The highest BCUT2D eigenvalue weighted by Gasteiger charge is 2.09. The second kappa shape index (κ2) is 6.42. The molecule has 0 spiro atoms. The quantitative estimate of drug-likeness (QED) is 0.725. The van der Waals surface area contributed by atoms with Gasteiger partial charge in [0.25, 0.3) is 5.91 Å². The lowest BCUT2D eigenvalue weighted by Crippen LogP contribution is -2.24. The molecule has 1 rings (SSSR count). The number of amides is 1. The molecule has 0 atom stereocenters. The fourth-order valence-electron chi connectivity index (χ4n) is 1.16. The molecule has 1 heterocycles. The van der Waals surface area contributed by atoms with Crippen molar-refractivity contribution in [1.82, 2.24) is 5.32 Å². The normalized spacial score (nSPS) is 10.2. The predicted molar refractivity (Wildman–Crippen MR) is 62.2 cm³/mol. The zero-order chi connectivity index (χ0) is 11.1. The molecule has 0 saturated carbocycles. The minimum Gasteiger partial charge on any atom is -0.397 e. The molecular formula is C10H16N2O2S. The van der Waals surface area contributed by atoms with E-state index in [0.717, 1.165) is 19.4 Å². The lowest BCUT2D eigenvalue weighted by molar-refractivity contribution is 0.0956. The van der Waals surface area contributed by atoms with Crippen LogP contribution in [0.4, 0.5) is 5.69 Å². The Bertz CT molecular complexity index is 312. The van der Waals surface area contributed by atoms with Gasteiger partial charge in [0, 0.05) is 20.3 Å². The van der Waals surface area contributed by atoms with Crippen molar-refractivity contribution in [1.29, 1.82) is 0 Å². The van der Waals surface area contributed by atoms with Gasteiger partial charge in [-0.15, -0.1) is 11.3 Å². The summed E-state index contributed by atoms with van der Waals surface area (Å²) in [5.74, 6) is -0.0834. The van der Waals surface area contributed by atoms with Gasteiger partial charge in [-0.2, -0.15) is 0 Å². The van der Waals surface area contributed by atoms with Crippen LogP contribution in [0.2, 0.25) is 0 Å². The number of anilines is 1. The van der Waals surface area contributed by atoms with Gasteiger partial charge in [0.15, 0.2) is 0 Å². The summed E-state index contributed by atoms with van der Waals surface area (Å²) in [5.41, 5.74) is 6.17. The molecule has 0 fully saturated rings. The van der Waals surface area contributed by atoms with Crippen molar-refractivity contribution >= 4 is 22.9 Å². The van der Waals surface area contributed by atoms with E-state index in [1.807, 2.05) is 5.38 Å². The minimum atomic E-state index is -0.0834. The van der Waals surface area contributed by atoms with Gasteiger partial charge < -0.3 is 15.8 Å². The Morgan fingerprint density at radius 1 is 1.60 bits per heavy atom. The molecule has 84 valence electrons. The Labute approximate surface area is 93.4 Å². The smallest absolute Gasteiger partial charge is 0.263 e. The van der Waals surface area contributed by atoms with Crippen LogP contribution in [0.3, 0.4) is 0 Å². The summed E-state index contributed by atoms with van der Waals surface area (Å²) in [5, 5.41) is 4.64. The number of ether oxygens (including phenoxy) is 1. The summed E-state index contributed by atoms with van der Waals surface area (Å²) in [7, 11) is 1.67. The zero-order valence-electron chi connectivity index (χ0n) is 8.79. The number of methoxy groups -OCH3 is 1. The van der Waals surface area contributed by atoms with E-state index in [0.29, 0.717) is 17.1 Å². The molecular weight excluding hydrogens is 212 g/mol. The molecule has 15 heavy (non-hydrogen) atoms. The van der Waals surface area contributed by atoms with Gasteiger partial charge in [-0.1, -0.05) is 0 Å². The van der Waals surface area contributed by atoms with E-state index in [-0.39, 0.29) is 5.91 Å². The van der Waals surface area contributed by atoms with Gasteiger partial charge in [-0.05, 0) is 24.3 Å². The highest BCUT2D eigenvalue weighted by molar-refractivity contribution is 7.12. The summed E-state index contributed by atoms with van der Waals surface area (Å²) in [6.07, 6.45) is 1.88. The molecule has 0 aliphatic heterocycles. The average molecular weight is 228 g/mol. The molecule has 0 unspecified atom stereocenters. The van der Waals surface area contributed by atoms with Crippen LogP contribution >= 0.6 is 11.3 Å². The van der Waals surface area contributed by atoms with Crippen LogP contribution < -0.4 is 11.1 Å². The molecule has 3 N–H and O–H groups in total. The monoisotopic (exact) mass is 228 g/mol. The van der Waals surface area contributed by atoms with E-state index in [4.69, 9.17) is 10.5 Å². The maximum absolute atomic E-state index is 11.5. The standard InChI is InChI=1S/C10H16N2O2S/c1-14-6-3-2-5-12-10(13)9-8(11)4-7-15-9/h4,7H,2-3,5-6,11H2,1H3,(H,12,13). The van der Waals surface area contributed by atoms with Crippen LogP contribution in [-0.4, -0.2) is 26.2 Å². The second-order valence-electron chi connectivity index (χ2n) is 3.16. The van der Waals surface area contributed by atoms with Crippen LogP contribution in [0, 0.1) is 0 Å².